The van der Waals surface area contributed by atoms with E-state index in [9.17, 15) is 13.2 Å². The van der Waals surface area contributed by atoms with Crippen LogP contribution in [0.3, 0.4) is 0 Å². The summed E-state index contributed by atoms with van der Waals surface area (Å²) in [5, 5.41) is 9.03. The van der Waals surface area contributed by atoms with Gasteiger partial charge in [-0.1, -0.05) is 6.07 Å². The lowest BCUT2D eigenvalue weighted by Gasteiger charge is -2.11. The van der Waals surface area contributed by atoms with Crippen molar-refractivity contribution in [2.45, 2.75) is 18.1 Å². The summed E-state index contributed by atoms with van der Waals surface area (Å²) in [6.07, 6.45) is 0. The van der Waals surface area contributed by atoms with Crippen molar-refractivity contribution in [3.8, 4) is 5.75 Å². The van der Waals surface area contributed by atoms with Gasteiger partial charge in [-0.25, -0.2) is 13.2 Å². The van der Waals surface area contributed by atoms with E-state index in [1.54, 1.807) is 25.1 Å². The number of carbonyl (C=O) groups is 1. The highest BCUT2D eigenvalue weighted by Crippen LogP contribution is 2.31. The summed E-state index contributed by atoms with van der Waals surface area (Å²) in [4.78, 5) is 11.1. The molecular formula is C14H15NO5S2. The Hall–Kier alpha value is -2.06. The summed E-state index contributed by atoms with van der Waals surface area (Å²) in [6.45, 7) is 3.39. The molecule has 2 N–H and O–H groups in total. The van der Waals surface area contributed by atoms with Crippen LogP contribution in [0.25, 0.3) is 0 Å². The lowest BCUT2D eigenvalue weighted by Crippen LogP contribution is -2.12. The smallest absolute Gasteiger partial charge is 0.346 e. The van der Waals surface area contributed by atoms with Crippen molar-refractivity contribution in [3.63, 3.8) is 0 Å². The minimum atomic E-state index is -3.87. The fourth-order valence-corrected chi connectivity index (χ4v) is 4.33. The summed E-state index contributed by atoms with van der Waals surface area (Å²) in [6, 6.07) is 6.46. The molecule has 0 aliphatic rings. The number of hydrogen-bond donors (Lipinski definition) is 2. The fraction of sp³-hybridized carbons (Fsp3) is 0.214. The summed E-state index contributed by atoms with van der Waals surface area (Å²) >= 11 is 0.721. The Morgan fingerprint density at radius 3 is 2.50 bits per heavy atom. The molecule has 0 unspecified atom stereocenters. The molecule has 2 aromatic rings. The van der Waals surface area contributed by atoms with Gasteiger partial charge in [0.1, 0.15) is 14.8 Å². The maximum absolute atomic E-state index is 12.4. The third-order valence-corrected chi connectivity index (χ3v) is 6.02. The molecule has 0 saturated carbocycles. The fourth-order valence-electron chi connectivity index (χ4n) is 1.89. The molecule has 0 atom stereocenters. The van der Waals surface area contributed by atoms with Crippen molar-refractivity contribution in [1.82, 2.24) is 0 Å². The van der Waals surface area contributed by atoms with Gasteiger partial charge in [0.2, 0.25) is 0 Å². The first-order chi connectivity index (χ1) is 10.2. The highest BCUT2D eigenvalue weighted by Gasteiger charge is 2.22. The number of carboxylic acid groups (broad SMARTS) is 1. The Kier molecular flexibility index (Phi) is 4.43. The molecule has 0 saturated heterocycles. The maximum Gasteiger partial charge on any atom is 0.346 e. The van der Waals surface area contributed by atoms with Gasteiger partial charge in [0.25, 0.3) is 10.0 Å². The minimum absolute atomic E-state index is 0.0107. The molecule has 0 amide bonds. The van der Waals surface area contributed by atoms with Crippen LogP contribution in [0.2, 0.25) is 0 Å². The number of carboxylic acids is 1. The van der Waals surface area contributed by atoms with Crippen molar-refractivity contribution in [2.75, 3.05) is 11.8 Å². The third-order valence-electron chi connectivity index (χ3n) is 2.95. The standard InChI is InChI=1S/C14H15NO5S2/c1-8-4-5-11(20-3)10(6-8)15-22(18,19)12-7-9(2)13(21-12)14(16)17/h4-7,15H,1-3H3,(H,16,17). The van der Waals surface area contributed by atoms with E-state index in [4.69, 9.17) is 9.84 Å². The molecule has 0 spiro atoms. The highest BCUT2D eigenvalue weighted by molar-refractivity contribution is 7.94. The van der Waals surface area contributed by atoms with Crippen LogP contribution in [-0.4, -0.2) is 26.6 Å². The Bertz CT molecular complexity index is 824. The molecule has 0 fully saturated rings. The van der Waals surface area contributed by atoms with Crippen LogP contribution >= 0.6 is 11.3 Å². The van der Waals surface area contributed by atoms with Crippen LogP contribution in [-0.2, 0) is 10.0 Å². The summed E-state index contributed by atoms with van der Waals surface area (Å²) < 4.78 is 32.4. The quantitative estimate of drug-likeness (QED) is 0.872. The first-order valence-corrected chi connectivity index (χ1v) is 8.55. The van der Waals surface area contributed by atoms with Crippen LogP contribution in [0.4, 0.5) is 5.69 Å². The second-order valence-electron chi connectivity index (χ2n) is 4.69. The van der Waals surface area contributed by atoms with Crippen LogP contribution in [0.1, 0.15) is 20.8 Å². The minimum Gasteiger partial charge on any atom is -0.495 e. The summed E-state index contributed by atoms with van der Waals surface area (Å²) in [5.41, 5.74) is 1.59. The zero-order chi connectivity index (χ0) is 16.5. The monoisotopic (exact) mass is 341 g/mol. The van der Waals surface area contributed by atoms with Gasteiger partial charge in [0, 0.05) is 0 Å². The predicted octanol–water partition coefficient (Wildman–Crippen LogP) is 2.87. The Labute approximate surface area is 132 Å². The van der Waals surface area contributed by atoms with Gasteiger partial charge >= 0.3 is 5.97 Å². The number of methoxy groups -OCH3 is 1. The lowest BCUT2D eigenvalue weighted by atomic mass is 10.2. The van der Waals surface area contributed by atoms with Crippen molar-refractivity contribution in [1.29, 1.82) is 0 Å². The van der Waals surface area contributed by atoms with Crippen molar-refractivity contribution >= 4 is 33.0 Å². The number of rotatable bonds is 5. The summed E-state index contributed by atoms with van der Waals surface area (Å²) in [7, 11) is -2.43. The predicted molar refractivity (Wildman–Crippen MR) is 84.6 cm³/mol. The molecule has 2 rings (SSSR count). The molecule has 0 aliphatic heterocycles. The van der Waals surface area contributed by atoms with E-state index in [1.807, 2.05) is 6.92 Å². The number of benzene rings is 1. The number of aromatic carboxylic acids is 1. The Morgan fingerprint density at radius 1 is 1.27 bits per heavy atom. The van der Waals surface area contributed by atoms with E-state index in [0.717, 1.165) is 16.9 Å². The first-order valence-electron chi connectivity index (χ1n) is 6.26. The topological polar surface area (TPSA) is 92.7 Å². The first kappa shape index (κ1) is 16.3. The molecule has 0 radical (unpaired) electrons. The molecule has 6 nitrogen and oxygen atoms in total. The van der Waals surface area contributed by atoms with Crippen molar-refractivity contribution < 1.29 is 23.1 Å². The third kappa shape index (κ3) is 3.23. The van der Waals surface area contributed by atoms with Crippen LogP contribution in [0, 0.1) is 13.8 Å². The van der Waals surface area contributed by atoms with E-state index in [2.05, 4.69) is 4.72 Å². The molecule has 1 aromatic carbocycles. The van der Waals surface area contributed by atoms with Gasteiger partial charge < -0.3 is 9.84 Å². The number of nitrogens with one attached hydrogen (secondary N) is 1. The van der Waals surface area contributed by atoms with Crippen LogP contribution in [0.15, 0.2) is 28.5 Å². The van der Waals surface area contributed by atoms with Crippen molar-refractivity contribution in [3.05, 3.63) is 40.3 Å². The molecular weight excluding hydrogens is 326 g/mol. The molecule has 8 heteroatoms. The van der Waals surface area contributed by atoms with Gasteiger partial charge in [-0.2, -0.15) is 0 Å². The number of aryl methyl sites for hydroxylation is 2. The van der Waals surface area contributed by atoms with E-state index in [0.29, 0.717) is 17.0 Å². The van der Waals surface area contributed by atoms with Crippen LogP contribution < -0.4 is 9.46 Å². The number of ether oxygens (including phenoxy) is 1. The van der Waals surface area contributed by atoms with Gasteiger partial charge in [-0.3, -0.25) is 4.72 Å². The van der Waals surface area contributed by atoms with E-state index in [1.165, 1.54) is 13.2 Å². The number of sulfonamides is 1. The number of thiophene rings is 1. The molecule has 0 bridgehead atoms. The maximum atomic E-state index is 12.4. The number of anilines is 1. The molecule has 1 aromatic heterocycles. The van der Waals surface area contributed by atoms with E-state index in [-0.39, 0.29) is 9.09 Å². The number of hydrogen-bond acceptors (Lipinski definition) is 5. The average Bonchev–Trinajstić information content (AvgIpc) is 2.82. The second-order valence-corrected chi connectivity index (χ2v) is 7.65. The lowest BCUT2D eigenvalue weighted by molar-refractivity contribution is 0.0701. The average molecular weight is 341 g/mol. The van der Waals surface area contributed by atoms with Gasteiger partial charge in [-0.05, 0) is 43.2 Å². The van der Waals surface area contributed by atoms with E-state index >= 15 is 0 Å². The largest absolute Gasteiger partial charge is 0.495 e. The molecule has 118 valence electrons. The van der Waals surface area contributed by atoms with Crippen molar-refractivity contribution in [2.24, 2.45) is 0 Å². The Morgan fingerprint density at radius 2 is 1.95 bits per heavy atom. The van der Waals surface area contributed by atoms with Gasteiger partial charge in [0.05, 0.1) is 12.8 Å². The Balaban J connectivity index is 2.42. The molecule has 1 heterocycles. The normalized spacial score (nSPS) is 11.2. The second kappa shape index (κ2) is 5.98. The highest BCUT2D eigenvalue weighted by atomic mass is 32.2. The van der Waals surface area contributed by atoms with Gasteiger partial charge in [-0.15, -0.1) is 11.3 Å². The zero-order valence-electron chi connectivity index (χ0n) is 12.2. The summed E-state index contributed by atoms with van der Waals surface area (Å²) in [5.74, 6) is -0.752. The van der Waals surface area contributed by atoms with E-state index < -0.39 is 16.0 Å². The molecule has 22 heavy (non-hydrogen) atoms. The van der Waals surface area contributed by atoms with Crippen LogP contribution in [0.5, 0.6) is 5.75 Å². The zero-order valence-corrected chi connectivity index (χ0v) is 13.8. The SMILES string of the molecule is COc1ccc(C)cc1NS(=O)(=O)c1cc(C)c(C(=O)O)s1. The molecule has 0 aliphatic carbocycles. The van der Waals surface area contributed by atoms with Gasteiger partial charge in [0.15, 0.2) is 0 Å².